The normalized spacial score (nSPS) is 27.0. The molecular formula is C16H22ClNO. The average molecular weight is 280 g/mol. The maximum absolute atomic E-state index is 6.53. The van der Waals surface area contributed by atoms with Crippen LogP contribution in [0.5, 0.6) is 0 Å². The van der Waals surface area contributed by atoms with Crippen molar-refractivity contribution in [3.63, 3.8) is 0 Å². The van der Waals surface area contributed by atoms with Gasteiger partial charge in [-0.2, -0.15) is 0 Å². The molecule has 1 saturated carbocycles. The lowest BCUT2D eigenvalue weighted by Gasteiger charge is -2.48. The predicted octanol–water partition coefficient (Wildman–Crippen LogP) is 4.00. The van der Waals surface area contributed by atoms with Crippen LogP contribution in [0.4, 0.5) is 0 Å². The highest BCUT2D eigenvalue weighted by Crippen LogP contribution is 2.47. The maximum atomic E-state index is 6.53. The Morgan fingerprint density at radius 1 is 1.42 bits per heavy atom. The summed E-state index contributed by atoms with van der Waals surface area (Å²) < 4.78 is 5.99. The Kier molecular flexibility index (Phi) is 3.59. The summed E-state index contributed by atoms with van der Waals surface area (Å²) in [5.41, 5.74) is 9.13. The van der Waals surface area contributed by atoms with Crippen molar-refractivity contribution < 1.29 is 4.74 Å². The van der Waals surface area contributed by atoms with Crippen LogP contribution >= 0.6 is 11.6 Å². The van der Waals surface area contributed by atoms with Crippen LogP contribution in [0.2, 0.25) is 5.02 Å². The number of halogens is 1. The van der Waals surface area contributed by atoms with E-state index in [0.29, 0.717) is 5.92 Å². The van der Waals surface area contributed by atoms with Crippen molar-refractivity contribution in [1.29, 1.82) is 0 Å². The Morgan fingerprint density at radius 2 is 2.21 bits per heavy atom. The highest BCUT2D eigenvalue weighted by atomic mass is 35.5. The lowest BCUT2D eigenvalue weighted by Crippen LogP contribution is -2.47. The Bertz CT molecular complexity index is 470. The van der Waals surface area contributed by atoms with Crippen LogP contribution in [0.3, 0.4) is 0 Å². The van der Waals surface area contributed by atoms with Crippen molar-refractivity contribution in [3.05, 3.63) is 34.3 Å². The van der Waals surface area contributed by atoms with E-state index in [-0.39, 0.29) is 11.6 Å². The van der Waals surface area contributed by atoms with Gasteiger partial charge in [0.1, 0.15) is 0 Å². The molecule has 0 aromatic heterocycles. The van der Waals surface area contributed by atoms with Gasteiger partial charge in [0.05, 0.1) is 5.60 Å². The van der Waals surface area contributed by atoms with E-state index in [1.54, 1.807) is 0 Å². The van der Waals surface area contributed by atoms with Crippen LogP contribution in [-0.2, 0) is 4.74 Å². The first-order valence-electron chi connectivity index (χ1n) is 7.25. The molecule has 2 atom stereocenters. The van der Waals surface area contributed by atoms with Gasteiger partial charge in [-0.15, -0.1) is 0 Å². The van der Waals surface area contributed by atoms with Crippen LogP contribution in [-0.4, -0.2) is 12.2 Å². The van der Waals surface area contributed by atoms with Gasteiger partial charge < -0.3 is 10.5 Å². The van der Waals surface area contributed by atoms with Crippen LogP contribution in [0, 0.1) is 12.8 Å². The van der Waals surface area contributed by atoms with Crippen LogP contribution < -0.4 is 5.73 Å². The zero-order valence-electron chi connectivity index (χ0n) is 11.5. The van der Waals surface area contributed by atoms with Gasteiger partial charge in [-0.3, -0.25) is 0 Å². The highest BCUT2D eigenvalue weighted by molar-refractivity contribution is 6.30. The van der Waals surface area contributed by atoms with Crippen LogP contribution in [0.25, 0.3) is 0 Å². The van der Waals surface area contributed by atoms with Crippen molar-refractivity contribution >= 4 is 11.6 Å². The van der Waals surface area contributed by atoms with E-state index in [1.165, 1.54) is 30.4 Å². The second-order valence-corrected chi connectivity index (χ2v) is 6.60. The minimum Gasteiger partial charge on any atom is -0.375 e. The topological polar surface area (TPSA) is 35.2 Å². The molecular weight excluding hydrogens is 258 g/mol. The van der Waals surface area contributed by atoms with E-state index in [4.69, 9.17) is 22.1 Å². The van der Waals surface area contributed by atoms with E-state index in [1.807, 2.05) is 12.1 Å². The van der Waals surface area contributed by atoms with Gasteiger partial charge in [0.15, 0.2) is 0 Å². The van der Waals surface area contributed by atoms with Gasteiger partial charge in [0, 0.05) is 17.7 Å². The zero-order valence-corrected chi connectivity index (χ0v) is 12.2. The minimum absolute atomic E-state index is 0.0834. The quantitative estimate of drug-likeness (QED) is 0.888. The van der Waals surface area contributed by atoms with Gasteiger partial charge in [-0.05, 0) is 68.2 Å². The molecule has 2 unspecified atom stereocenters. The SMILES string of the molecule is Cc1ccc(Cl)cc1C(N)C1CCOC2(CCC2)C1. The number of ether oxygens (including phenoxy) is 1. The first kappa shape index (κ1) is 13.4. The molecule has 2 N–H and O–H groups in total. The van der Waals surface area contributed by atoms with Crippen LogP contribution in [0.15, 0.2) is 18.2 Å². The first-order chi connectivity index (χ1) is 9.10. The lowest BCUT2D eigenvalue weighted by atomic mass is 9.69. The van der Waals surface area contributed by atoms with E-state index >= 15 is 0 Å². The van der Waals surface area contributed by atoms with Crippen molar-refractivity contribution in [1.82, 2.24) is 0 Å². The molecule has 0 bridgehead atoms. The summed E-state index contributed by atoms with van der Waals surface area (Å²) in [6.45, 7) is 2.97. The second kappa shape index (κ2) is 5.08. The van der Waals surface area contributed by atoms with E-state index in [9.17, 15) is 0 Å². The third kappa shape index (κ3) is 2.54. The van der Waals surface area contributed by atoms with Gasteiger partial charge in [0.2, 0.25) is 0 Å². The summed E-state index contributed by atoms with van der Waals surface area (Å²) in [6, 6.07) is 6.12. The molecule has 1 saturated heterocycles. The summed E-state index contributed by atoms with van der Waals surface area (Å²) in [5, 5.41) is 0.779. The molecule has 1 heterocycles. The van der Waals surface area contributed by atoms with Crippen molar-refractivity contribution in [2.75, 3.05) is 6.61 Å². The molecule has 2 aliphatic rings. The van der Waals surface area contributed by atoms with E-state index in [0.717, 1.165) is 24.5 Å². The fourth-order valence-electron chi connectivity index (χ4n) is 3.52. The fourth-order valence-corrected chi connectivity index (χ4v) is 3.70. The third-order valence-electron chi connectivity index (χ3n) is 4.90. The van der Waals surface area contributed by atoms with Crippen molar-refractivity contribution in [3.8, 4) is 0 Å². The molecule has 1 aromatic rings. The van der Waals surface area contributed by atoms with Gasteiger partial charge >= 0.3 is 0 Å². The zero-order chi connectivity index (χ0) is 13.5. The molecule has 0 radical (unpaired) electrons. The summed E-state index contributed by atoms with van der Waals surface area (Å²) in [5.74, 6) is 0.520. The molecule has 3 rings (SSSR count). The van der Waals surface area contributed by atoms with Gasteiger partial charge in [0.25, 0.3) is 0 Å². The van der Waals surface area contributed by atoms with Crippen molar-refractivity contribution in [2.45, 2.75) is 50.7 Å². The monoisotopic (exact) mass is 279 g/mol. The van der Waals surface area contributed by atoms with Crippen molar-refractivity contribution in [2.24, 2.45) is 11.7 Å². The molecule has 1 aliphatic heterocycles. The number of benzene rings is 1. The molecule has 0 amide bonds. The Morgan fingerprint density at radius 3 is 2.89 bits per heavy atom. The second-order valence-electron chi connectivity index (χ2n) is 6.16. The molecule has 104 valence electrons. The largest absolute Gasteiger partial charge is 0.375 e. The predicted molar refractivity (Wildman–Crippen MR) is 78.4 cm³/mol. The number of hydrogen-bond donors (Lipinski definition) is 1. The Balaban J connectivity index is 1.79. The molecule has 2 nitrogen and oxygen atoms in total. The average Bonchev–Trinajstić information content (AvgIpc) is 2.39. The molecule has 3 heteroatoms. The Hall–Kier alpha value is -0.570. The number of rotatable bonds is 2. The summed E-state index contributed by atoms with van der Waals surface area (Å²) in [4.78, 5) is 0. The summed E-state index contributed by atoms with van der Waals surface area (Å²) in [7, 11) is 0. The molecule has 1 spiro atoms. The minimum atomic E-state index is 0.0834. The molecule has 1 aromatic carbocycles. The maximum Gasteiger partial charge on any atom is 0.0686 e. The lowest BCUT2D eigenvalue weighted by molar-refractivity contribution is -0.146. The van der Waals surface area contributed by atoms with E-state index in [2.05, 4.69) is 13.0 Å². The molecule has 2 fully saturated rings. The Labute approximate surface area is 120 Å². The van der Waals surface area contributed by atoms with Gasteiger partial charge in [-0.1, -0.05) is 17.7 Å². The summed E-state index contributed by atoms with van der Waals surface area (Å²) in [6.07, 6.45) is 5.91. The number of hydrogen-bond acceptors (Lipinski definition) is 2. The van der Waals surface area contributed by atoms with Crippen LogP contribution in [0.1, 0.15) is 49.3 Å². The summed E-state index contributed by atoms with van der Waals surface area (Å²) >= 11 is 6.11. The standard InChI is InChI=1S/C16H22ClNO/c1-11-3-4-13(17)9-14(11)15(18)12-5-8-19-16(10-12)6-2-7-16/h3-4,9,12,15H,2,5-8,10,18H2,1H3. The number of nitrogens with two attached hydrogens (primary N) is 1. The first-order valence-corrected chi connectivity index (χ1v) is 7.63. The van der Waals surface area contributed by atoms with E-state index < -0.39 is 0 Å². The highest BCUT2D eigenvalue weighted by Gasteiger charge is 2.44. The molecule has 19 heavy (non-hydrogen) atoms. The molecule has 1 aliphatic carbocycles. The third-order valence-corrected chi connectivity index (χ3v) is 5.14. The fraction of sp³-hybridized carbons (Fsp3) is 0.625. The van der Waals surface area contributed by atoms with Gasteiger partial charge in [-0.25, -0.2) is 0 Å². The number of aryl methyl sites for hydroxylation is 1. The smallest absolute Gasteiger partial charge is 0.0686 e.